The minimum atomic E-state index is 0. The minimum absolute atomic E-state index is 0. The quantitative estimate of drug-likeness (QED) is 0.338. The van der Waals surface area contributed by atoms with Gasteiger partial charge in [0.2, 0.25) is 0 Å². The van der Waals surface area contributed by atoms with Crippen molar-refractivity contribution in [2.45, 2.75) is 65.1 Å². The monoisotopic (exact) mass is 460 g/mol. The molecule has 0 aromatic carbocycles. The summed E-state index contributed by atoms with van der Waals surface area (Å²) in [7, 11) is 3.51. The van der Waals surface area contributed by atoms with Gasteiger partial charge in [0, 0.05) is 78.3 Å². The first kappa shape index (κ1) is 31.7. The van der Waals surface area contributed by atoms with Gasteiger partial charge in [0.05, 0.1) is 0 Å². The molecule has 194 valence electrons. The number of piperidine rings is 1. The van der Waals surface area contributed by atoms with Gasteiger partial charge in [0.25, 0.3) is 0 Å². The van der Waals surface area contributed by atoms with E-state index in [2.05, 4.69) is 23.6 Å². The molecule has 8 nitrogen and oxygen atoms in total. The van der Waals surface area contributed by atoms with Crippen LogP contribution in [0.1, 0.15) is 47.0 Å². The largest absolute Gasteiger partial charge is 0.384 e. The molecule has 0 aliphatic carbocycles. The van der Waals surface area contributed by atoms with Crippen LogP contribution in [0, 0.1) is 17.8 Å². The molecule has 2 saturated heterocycles. The third-order valence-electron chi connectivity index (χ3n) is 6.84. The molecule has 8 N–H and O–H groups in total. The highest BCUT2D eigenvalue weighted by Gasteiger charge is 2.32. The number of nitrogens with zero attached hydrogens (tertiary/aromatic N) is 2. The predicted molar refractivity (Wildman–Crippen MR) is 137 cm³/mol. The second-order valence-electron chi connectivity index (χ2n) is 9.68. The van der Waals surface area contributed by atoms with E-state index in [1.165, 1.54) is 19.3 Å². The lowest BCUT2D eigenvalue weighted by Crippen LogP contribution is -2.49. The summed E-state index contributed by atoms with van der Waals surface area (Å²) in [6, 6.07) is 1.57. The van der Waals surface area contributed by atoms with E-state index < -0.39 is 0 Å². The summed E-state index contributed by atoms with van der Waals surface area (Å²) in [5, 5.41) is 0. The topological polar surface area (TPSA) is 129 Å². The van der Waals surface area contributed by atoms with Crippen LogP contribution in [-0.2, 0) is 9.47 Å². The lowest BCUT2D eigenvalue weighted by atomic mass is 9.90. The molecule has 2 aliphatic heterocycles. The Balaban J connectivity index is 0.000000584. The number of nitrogens with two attached hydrogens (primary N) is 4. The lowest BCUT2D eigenvalue weighted by Gasteiger charge is -2.39. The third kappa shape index (κ3) is 10.7. The molecule has 0 aromatic rings. The van der Waals surface area contributed by atoms with Gasteiger partial charge in [0.1, 0.15) is 0 Å². The summed E-state index contributed by atoms with van der Waals surface area (Å²) in [4.78, 5) is 4.99. The van der Waals surface area contributed by atoms with Crippen molar-refractivity contribution in [3.05, 3.63) is 0 Å². The van der Waals surface area contributed by atoms with Crippen LogP contribution in [0.3, 0.4) is 0 Å². The molecule has 2 heterocycles. The van der Waals surface area contributed by atoms with Gasteiger partial charge in [-0.3, -0.25) is 9.80 Å². The average molecular weight is 461 g/mol. The van der Waals surface area contributed by atoms with Crippen molar-refractivity contribution in [3.8, 4) is 0 Å². The number of hydrogen-bond acceptors (Lipinski definition) is 8. The van der Waals surface area contributed by atoms with E-state index in [0.29, 0.717) is 35.9 Å². The fraction of sp³-hybridized carbons (Fsp3) is 1.00. The molecule has 0 spiro atoms. The Morgan fingerprint density at radius 3 is 1.69 bits per heavy atom. The first-order valence-electron chi connectivity index (χ1n) is 12.2. The summed E-state index contributed by atoms with van der Waals surface area (Å²) in [6.07, 6.45) is 4.76. The van der Waals surface area contributed by atoms with E-state index in [-0.39, 0.29) is 7.43 Å². The minimum Gasteiger partial charge on any atom is -0.384 e. The highest BCUT2D eigenvalue weighted by Crippen LogP contribution is 2.24. The summed E-state index contributed by atoms with van der Waals surface area (Å²) < 4.78 is 10.3. The Labute approximate surface area is 198 Å². The van der Waals surface area contributed by atoms with Gasteiger partial charge in [-0.2, -0.15) is 0 Å². The van der Waals surface area contributed by atoms with Crippen LogP contribution in [0.4, 0.5) is 0 Å². The van der Waals surface area contributed by atoms with E-state index in [9.17, 15) is 0 Å². The number of hydrogen-bond donors (Lipinski definition) is 4. The van der Waals surface area contributed by atoms with Gasteiger partial charge in [0.15, 0.2) is 0 Å². The van der Waals surface area contributed by atoms with Crippen molar-refractivity contribution in [2.24, 2.45) is 40.7 Å². The maximum atomic E-state index is 5.85. The summed E-state index contributed by atoms with van der Waals surface area (Å²) in [5.41, 5.74) is 23.1. The molecule has 0 aromatic heterocycles. The van der Waals surface area contributed by atoms with Crippen molar-refractivity contribution >= 4 is 0 Å². The average Bonchev–Trinajstić information content (AvgIpc) is 3.16. The summed E-state index contributed by atoms with van der Waals surface area (Å²) in [6.45, 7) is 12.4. The standard InChI is InChI=1S/C12H27N3O.C11H25N3O.CH4/c1-10(9-16-2)8-15-4-3-11(6-13)5-12(15)7-14;1-9(8-15-2)7-14-10(5-12)3-4-11(14)6-13;/h10-12H,3-9,13-14H2,1-2H3;9-11H,3-8,12-13H2,1-2H3;1H4. The van der Waals surface area contributed by atoms with Crippen LogP contribution in [0.25, 0.3) is 0 Å². The Hall–Kier alpha value is -0.320. The van der Waals surface area contributed by atoms with E-state index in [0.717, 1.165) is 65.4 Å². The Bertz CT molecular complexity index is 433. The fourth-order valence-electron chi connectivity index (χ4n) is 5.14. The number of ether oxygens (including phenoxy) is 2. The van der Waals surface area contributed by atoms with Crippen LogP contribution in [0.15, 0.2) is 0 Å². The van der Waals surface area contributed by atoms with Crippen molar-refractivity contribution in [1.29, 1.82) is 0 Å². The summed E-state index contributed by atoms with van der Waals surface area (Å²) in [5.74, 6) is 1.80. The van der Waals surface area contributed by atoms with E-state index in [1.54, 1.807) is 14.2 Å². The molecule has 8 heteroatoms. The zero-order chi connectivity index (χ0) is 23.2. The fourth-order valence-corrected chi connectivity index (χ4v) is 5.14. The molecule has 0 bridgehead atoms. The van der Waals surface area contributed by atoms with E-state index in [1.807, 2.05) is 0 Å². The van der Waals surface area contributed by atoms with Gasteiger partial charge >= 0.3 is 0 Å². The van der Waals surface area contributed by atoms with Gasteiger partial charge in [-0.15, -0.1) is 0 Å². The molecule has 6 atom stereocenters. The molecule has 0 amide bonds. The molecule has 6 unspecified atom stereocenters. The van der Waals surface area contributed by atoms with Crippen LogP contribution in [0.2, 0.25) is 0 Å². The lowest BCUT2D eigenvalue weighted by molar-refractivity contribution is 0.0758. The second kappa shape index (κ2) is 18.1. The van der Waals surface area contributed by atoms with Gasteiger partial charge in [-0.05, 0) is 56.5 Å². The SMILES string of the molecule is C.COCC(C)CN1C(CN)CCC1CN.COCC(C)CN1CCC(CN)CC1CN. The van der Waals surface area contributed by atoms with Crippen molar-refractivity contribution in [1.82, 2.24) is 9.80 Å². The molecular weight excluding hydrogens is 404 g/mol. The molecule has 32 heavy (non-hydrogen) atoms. The van der Waals surface area contributed by atoms with Gasteiger partial charge in [-0.1, -0.05) is 21.3 Å². The molecule has 2 aliphatic rings. The van der Waals surface area contributed by atoms with E-state index in [4.69, 9.17) is 32.4 Å². The molecular formula is C24H56N6O2. The molecule has 0 radical (unpaired) electrons. The molecule has 2 fully saturated rings. The third-order valence-corrected chi connectivity index (χ3v) is 6.84. The number of methoxy groups -OCH3 is 2. The van der Waals surface area contributed by atoms with E-state index >= 15 is 0 Å². The zero-order valence-corrected chi connectivity index (χ0v) is 20.7. The van der Waals surface area contributed by atoms with Crippen molar-refractivity contribution in [3.63, 3.8) is 0 Å². The Morgan fingerprint density at radius 1 is 0.750 bits per heavy atom. The number of likely N-dealkylation sites (tertiary alicyclic amines) is 2. The first-order chi connectivity index (χ1) is 14.9. The van der Waals surface area contributed by atoms with Gasteiger partial charge in [-0.25, -0.2) is 0 Å². The molecule has 2 rings (SSSR count). The smallest absolute Gasteiger partial charge is 0.0500 e. The maximum Gasteiger partial charge on any atom is 0.0500 e. The van der Waals surface area contributed by atoms with Crippen LogP contribution in [0.5, 0.6) is 0 Å². The Kier molecular flexibility index (Phi) is 17.9. The normalized spacial score (nSPS) is 28.5. The predicted octanol–water partition coefficient (Wildman–Crippen LogP) is 0.922. The van der Waals surface area contributed by atoms with Crippen molar-refractivity contribution < 1.29 is 9.47 Å². The maximum absolute atomic E-state index is 5.85. The first-order valence-corrected chi connectivity index (χ1v) is 12.2. The zero-order valence-electron chi connectivity index (χ0n) is 20.7. The van der Waals surface area contributed by atoms with Crippen LogP contribution >= 0.6 is 0 Å². The highest BCUT2D eigenvalue weighted by atomic mass is 16.5. The Morgan fingerprint density at radius 2 is 1.25 bits per heavy atom. The number of rotatable bonds is 12. The van der Waals surface area contributed by atoms with Crippen LogP contribution in [-0.4, -0.2) is 101 Å². The van der Waals surface area contributed by atoms with Crippen LogP contribution < -0.4 is 22.9 Å². The van der Waals surface area contributed by atoms with Gasteiger partial charge < -0.3 is 32.4 Å². The van der Waals surface area contributed by atoms with Crippen molar-refractivity contribution in [2.75, 3.05) is 73.2 Å². The molecule has 0 saturated carbocycles. The second-order valence-corrected chi connectivity index (χ2v) is 9.68. The highest BCUT2D eigenvalue weighted by molar-refractivity contribution is 4.89. The summed E-state index contributed by atoms with van der Waals surface area (Å²) >= 11 is 0.